The van der Waals surface area contributed by atoms with E-state index in [9.17, 15) is 14.7 Å². The lowest BCUT2D eigenvalue weighted by atomic mass is 10.0. The fraction of sp³-hybridized carbons (Fsp3) is 0.200. The Balaban J connectivity index is 1.67. The Morgan fingerprint density at radius 2 is 1.88 bits per heavy atom. The second kappa shape index (κ2) is 9.01. The number of benzene rings is 3. The van der Waals surface area contributed by atoms with Crippen molar-refractivity contribution in [3.8, 4) is 28.4 Å². The van der Waals surface area contributed by atoms with Gasteiger partial charge in [0, 0.05) is 12.6 Å². The van der Waals surface area contributed by atoms with Crippen LogP contribution >= 0.6 is 0 Å². The summed E-state index contributed by atoms with van der Waals surface area (Å²) in [4.78, 5) is 23.9. The van der Waals surface area contributed by atoms with E-state index in [2.05, 4.69) is 17.6 Å². The Bertz CT molecular complexity index is 1190. The number of nitrogens with one attached hydrogen (secondary N) is 2. The minimum atomic E-state index is -1.15. The summed E-state index contributed by atoms with van der Waals surface area (Å²) in [6.07, 6.45) is 2.07. The van der Waals surface area contributed by atoms with E-state index in [1.807, 2.05) is 42.5 Å². The van der Waals surface area contributed by atoms with Gasteiger partial charge in [0.15, 0.2) is 11.5 Å². The molecule has 0 radical (unpaired) electrons. The van der Waals surface area contributed by atoms with E-state index in [0.717, 1.165) is 29.7 Å². The number of rotatable bonds is 7. The van der Waals surface area contributed by atoms with Gasteiger partial charge < -0.3 is 25.2 Å². The van der Waals surface area contributed by atoms with E-state index >= 15 is 0 Å². The Morgan fingerprint density at radius 1 is 1.06 bits per heavy atom. The van der Waals surface area contributed by atoms with Crippen molar-refractivity contribution >= 4 is 23.3 Å². The molecule has 0 spiro atoms. The van der Waals surface area contributed by atoms with E-state index in [4.69, 9.17) is 9.47 Å². The van der Waals surface area contributed by atoms with Crippen molar-refractivity contribution in [3.05, 3.63) is 65.7 Å². The first-order chi connectivity index (χ1) is 15.5. The van der Waals surface area contributed by atoms with Crippen LogP contribution in [0.3, 0.4) is 0 Å². The number of carboxylic acids is 1. The Kier molecular flexibility index (Phi) is 5.98. The molecule has 3 aromatic rings. The van der Waals surface area contributed by atoms with Crippen LogP contribution < -0.4 is 20.1 Å². The molecule has 0 atom stereocenters. The number of carbonyl (C=O) groups is 2. The molecule has 0 aromatic heterocycles. The second-order valence-corrected chi connectivity index (χ2v) is 7.45. The molecule has 7 heteroatoms. The zero-order valence-electron chi connectivity index (χ0n) is 17.9. The van der Waals surface area contributed by atoms with Crippen molar-refractivity contribution in [2.75, 3.05) is 19.0 Å². The van der Waals surface area contributed by atoms with E-state index in [-0.39, 0.29) is 22.8 Å². The van der Waals surface area contributed by atoms with Gasteiger partial charge in [-0.05, 0) is 53.9 Å². The minimum Gasteiger partial charge on any atom is -0.494 e. The monoisotopic (exact) mass is 432 g/mol. The van der Waals surface area contributed by atoms with Crippen LogP contribution in [-0.2, 0) is 0 Å². The van der Waals surface area contributed by atoms with Crippen LogP contribution in [0.2, 0.25) is 0 Å². The molecule has 3 N–H and O–H groups in total. The Hall–Kier alpha value is -4.00. The highest BCUT2D eigenvalue weighted by Gasteiger charge is 2.25. The van der Waals surface area contributed by atoms with Gasteiger partial charge in [-0.3, -0.25) is 4.79 Å². The predicted octanol–water partition coefficient (Wildman–Crippen LogP) is 5.44. The average Bonchev–Trinajstić information content (AvgIpc) is 2.81. The SMILES string of the molecule is CCCCOc1cccc(-c2ccc3c(c2)Nc2c(cc(C(=O)NC)cc2C(=O)O)O3)c1. The average molecular weight is 432 g/mol. The normalized spacial score (nSPS) is 11.4. The molecule has 0 saturated heterocycles. The van der Waals surface area contributed by atoms with Gasteiger partial charge in [-0.2, -0.15) is 0 Å². The zero-order chi connectivity index (χ0) is 22.7. The summed E-state index contributed by atoms with van der Waals surface area (Å²) in [5.74, 6) is 0.0934. The van der Waals surface area contributed by atoms with Crippen LogP contribution in [0.5, 0.6) is 17.2 Å². The maximum Gasteiger partial charge on any atom is 0.337 e. The quantitative estimate of drug-likeness (QED) is 0.337. The number of fused-ring (bicyclic) bond motifs is 2. The molecule has 0 saturated carbocycles. The van der Waals surface area contributed by atoms with Crippen molar-refractivity contribution in [3.63, 3.8) is 0 Å². The fourth-order valence-corrected chi connectivity index (χ4v) is 3.52. The third kappa shape index (κ3) is 4.23. The molecule has 0 bridgehead atoms. The van der Waals surface area contributed by atoms with E-state index < -0.39 is 5.97 Å². The number of amides is 1. The van der Waals surface area contributed by atoms with Crippen LogP contribution in [0.1, 0.15) is 40.5 Å². The van der Waals surface area contributed by atoms with Crippen molar-refractivity contribution in [1.82, 2.24) is 5.32 Å². The summed E-state index contributed by atoms with van der Waals surface area (Å²) in [6, 6.07) is 16.4. The summed E-state index contributed by atoms with van der Waals surface area (Å²) >= 11 is 0. The summed E-state index contributed by atoms with van der Waals surface area (Å²) in [7, 11) is 1.49. The molecule has 164 valence electrons. The molecule has 32 heavy (non-hydrogen) atoms. The molecule has 1 aliphatic heterocycles. The van der Waals surface area contributed by atoms with E-state index in [1.54, 1.807) is 0 Å². The van der Waals surface area contributed by atoms with Crippen LogP contribution in [0, 0.1) is 0 Å². The minimum absolute atomic E-state index is 0.0384. The summed E-state index contributed by atoms with van der Waals surface area (Å²) in [5, 5.41) is 15.4. The molecular formula is C25H24N2O5. The Morgan fingerprint density at radius 3 is 2.62 bits per heavy atom. The van der Waals surface area contributed by atoms with Crippen molar-refractivity contribution in [2.45, 2.75) is 19.8 Å². The lowest BCUT2D eigenvalue weighted by Gasteiger charge is -2.24. The highest BCUT2D eigenvalue weighted by molar-refractivity contribution is 6.03. The van der Waals surface area contributed by atoms with Gasteiger partial charge in [-0.15, -0.1) is 0 Å². The molecule has 0 unspecified atom stereocenters. The molecule has 7 nitrogen and oxygen atoms in total. The third-order valence-corrected chi connectivity index (χ3v) is 5.21. The standard InChI is InChI=1S/C25H24N2O5/c1-3-4-10-31-18-7-5-6-15(11-18)16-8-9-21-20(13-16)27-23-19(25(29)30)12-17(24(28)26-2)14-22(23)32-21/h5-9,11-14,27H,3-4,10H2,1-2H3,(H,26,28)(H,29,30). The third-order valence-electron chi connectivity index (χ3n) is 5.21. The van der Waals surface area contributed by atoms with Crippen LogP contribution in [-0.4, -0.2) is 30.6 Å². The van der Waals surface area contributed by atoms with Gasteiger partial charge >= 0.3 is 5.97 Å². The van der Waals surface area contributed by atoms with Crippen LogP contribution in [0.15, 0.2) is 54.6 Å². The summed E-state index contributed by atoms with van der Waals surface area (Å²) in [5.41, 5.74) is 3.04. The highest BCUT2D eigenvalue weighted by Crippen LogP contribution is 2.45. The van der Waals surface area contributed by atoms with E-state index in [1.165, 1.54) is 19.2 Å². The van der Waals surface area contributed by atoms with E-state index in [0.29, 0.717) is 23.7 Å². The molecule has 1 heterocycles. The fourth-order valence-electron chi connectivity index (χ4n) is 3.52. The van der Waals surface area contributed by atoms with Gasteiger partial charge in [0.2, 0.25) is 0 Å². The largest absolute Gasteiger partial charge is 0.494 e. The van der Waals surface area contributed by atoms with Gasteiger partial charge in [-0.1, -0.05) is 31.5 Å². The van der Waals surface area contributed by atoms with Gasteiger partial charge in [0.1, 0.15) is 5.75 Å². The first-order valence-electron chi connectivity index (χ1n) is 10.5. The van der Waals surface area contributed by atoms with Crippen molar-refractivity contribution in [2.24, 2.45) is 0 Å². The molecule has 4 rings (SSSR count). The molecule has 0 aliphatic carbocycles. The second-order valence-electron chi connectivity index (χ2n) is 7.45. The number of anilines is 2. The van der Waals surface area contributed by atoms with Gasteiger partial charge in [-0.25, -0.2) is 4.79 Å². The first kappa shape index (κ1) is 21.2. The Labute approximate surface area is 186 Å². The summed E-state index contributed by atoms with van der Waals surface area (Å²) < 4.78 is 11.8. The first-order valence-corrected chi connectivity index (χ1v) is 10.5. The number of hydrogen-bond donors (Lipinski definition) is 3. The van der Waals surface area contributed by atoms with Crippen LogP contribution in [0.25, 0.3) is 11.1 Å². The maximum absolute atomic E-state index is 12.0. The smallest absolute Gasteiger partial charge is 0.337 e. The number of carbonyl (C=O) groups excluding carboxylic acids is 1. The van der Waals surface area contributed by atoms with Crippen molar-refractivity contribution in [1.29, 1.82) is 0 Å². The number of hydrogen-bond acceptors (Lipinski definition) is 5. The zero-order valence-corrected chi connectivity index (χ0v) is 17.9. The van der Waals surface area contributed by atoms with Crippen molar-refractivity contribution < 1.29 is 24.2 Å². The highest BCUT2D eigenvalue weighted by atomic mass is 16.5. The van der Waals surface area contributed by atoms with Gasteiger partial charge in [0.25, 0.3) is 5.91 Å². The lowest BCUT2D eigenvalue weighted by Crippen LogP contribution is -2.19. The number of carboxylic acid groups (broad SMARTS) is 1. The topological polar surface area (TPSA) is 96.9 Å². The number of unbranched alkanes of at least 4 members (excludes halogenated alkanes) is 1. The van der Waals surface area contributed by atoms with Crippen LogP contribution in [0.4, 0.5) is 11.4 Å². The molecule has 0 fully saturated rings. The maximum atomic E-state index is 12.0. The predicted molar refractivity (Wildman–Crippen MR) is 122 cm³/mol. The molecule has 1 amide bonds. The molecule has 1 aliphatic rings. The molecular weight excluding hydrogens is 408 g/mol. The summed E-state index contributed by atoms with van der Waals surface area (Å²) in [6.45, 7) is 2.79. The van der Waals surface area contributed by atoms with Gasteiger partial charge in [0.05, 0.1) is 23.5 Å². The number of aromatic carboxylic acids is 1. The molecule has 3 aromatic carbocycles. The number of ether oxygens (including phenoxy) is 2. The lowest BCUT2D eigenvalue weighted by molar-refractivity contribution is 0.0697.